The molecular weight excluding hydrogens is 294 g/mol. The Kier molecular flexibility index (Phi) is 3.15. The zero-order chi connectivity index (χ0) is 15.1. The van der Waals surface area contributed by atoms with Crippen molar-refractivity contribution in [2.75, 3.05) is 12.4 Å². The van der Waals surface area contributed by atoms with E-state index in [1.54, 1.807) is 25.4 Å². The van der Waals surface area contributed by atoms with Crippen LogP contribution in [0.3, 0.4) is 0 Å². The van der Waals surface area contributed by atoms with Crippen LogP contribution in [-0.2, 0) is 4.79 Å². The summed E-state index contributed by atoms with van der Waals surface area (Å²) in [4.78, 5) is 22.9. The highest BCUT2D eigenvalue weighted by atomic mass is 35.5. The molecular formula is C13H12ClN5O2. The van der Waals surface area contributed by atoms with Crippen molar-refractivity contribution >= 4 is 29.1 Å². The predicted molar refractivity (Wildman–Crippen MR) is 77.5 cm³/mol. The lowest BCUT2D eigenvalue weighted by Gasteiger charge is -2.10. The molecule has 108 valence electrons. The summed E-state index contributed by atoms with van der Waals surface area (Å²) in [5, 5.41) is 10.2. The summed E-state index contributed by atoms with van der Waals surface area (Å²) < 4.78 is 1.45. The number of likely N-dealkylation sites (N-methyl/N-ethyl adjacent to an activating group) is 1. The molecule has 3 rings (SSSR count). The molecule has 0 radical (unpaired) electrons. The number of nitrogens with one attached hydrogen (secondary N) is 2. The van der Waals surface area contributed by atoms with Crippen molar-refractivity contribution in [3.63, 3.8) is 0 Å². The second-order valence-electron chi connectivity index (χ2n) is 4.61. The minimum absolute atomic E-state index is 0.140. The smallest absolute Gasteiger partial charge is 0.269 e. The van der Waals surface area contributed by atoms with Crippen molar-refractivity contribution in [1.82, 2.24) is 15.1 Å². The van der Waals surface area contributed by atoms with Crippen LogP contribution < -0.4 is 16.4 Å². The molecule has 2 aromatic rings. The Bertz CT molecular complexity index is 755. The SMILES string of the molecule is CNC1C(=O)Nc2cc(-n3ccc(C(N)=O)n3)c(Cl)cc21. The van der Waals surface area contributed by atoms with E-state index < -0.39 is 11.9 Å². The van der Waals surface area contributed by atoms with Crippen molar-refractivity contribution in [3.8, 4) is 5.69 Å². The van der Waals surface area contributed by atoms with Crippen LogP contribution in [0, 0.1) is 0 Å². The third-order valence-corrected chi connectivity index (χ3v) is 3.63. The summed E-state index contributed by atoms with van der Waals surface area (Å²) in [5.74, 6) is -0.756. The maximum atomic E-state index is 11.8. The Morgan fingerprint density at radius 1 is 1.52 bits per heavy atom. The molecule has 0 saturated heterocycles. The van der Waals surface area contributed by atoms with Crippen molar-refractivity contribution in [1.29, 1.82) is 0 Å². The van der Waals surface area contributed by atoms with E-state index in [1.165, 1.54) is 10.7 Å². The van der Waals surface area contributed by atoms with Gasteiger partial charge in [-0.1, -0.05) is 11.6 Å². The number of anilines is 1. The molecule has 4 N–H and O–H groups in total. The van der Waals surface area contributed by atoms with Crippen molar-refractivity contribution < 1.29 is 9.59 Å². The van der Waals surface area contributed by atoms with Crippen LogP contribution in [0.2, 0.25) is 5.02 Å². The Labute approximate surface area is 125 Å². The first-order valence-corrected chi connectivity index (χ1v) is 6.56. The van der Waals surface area contributed by atoms with Crippen LogP contribution in [0.5, 0.6) is 0 Å². The molecule has 2 heterocycles. The van der Waals surface area contributed by atoms with Crippen LogP contribution in [0.1, 0.15) is 22.1 Å². The monoisotopic (exact) mass is 305 g/mol. The largest absolute Gasteiger partial charge is 0.364 e. The molecule has 8 heteroatoms. The topological polar surface area (TPSA) is 102 Å². The number of primary amides is 1. The van der Waals surface area contributed by atoms with Gasteiger partial charge in [-0.25, -0.2) is 4.68 Å². The summed E-state index contributed by atoms with van der Waals surface area (Å²) in [7, 11) is 1.70. The quantitative estimate of drug-likeness (QED) is 0.782. The number of amides is 2. The summed E-state index contributed by atoms with van der Waals surface area (Å²) >= 11 is 6.26. The molecule has 1 aliphatic rings. The number of hydrogen-bond donors (Lipinski definition) is 3. The first-order valence-electron chi connectivity index (χ1n) is 6.18. The lowest BCUT2D eigenvalue weighted by Crippen LogP contribution is -2.23. The van der Waals surface area contributed by atoms with Gasteiger partial charge in [0, 0.05) is 17.4 Å². The highest BCUT2D eigenvalue weighted by molar-refractivity contribution is 6.32. The zero-order valence-corrected chi connectivity index (χ0v) is 11.8. The molecule has 1 aromatic heterocycles. The van der Waals surface area contributed by atoms with Gasteiger partial charge in [-0.3, -0.25) is 9.59 Å². The predicted octanol–water partition coefficient (Wildman–Crippen LogP) is 0.837. The van der Waals surface area contributed by atoms with Gasteiger partial charge < -0.3 is 16.4 Å². The zero-order valence-electron chi connectivity index (χ0n) is 11.1. The van der Waals surface area contributed by atoms with Crippen molar-refractivity contribution in [2.24, 2.45) is 5.73 Å². The van der Waals surface area contributed by atoms with Gasteiger partial charge in [0.15, 0.2) is 0 Å². The fraction of sp³-hybridized carbons (Fsp3) is 0.154. The summed E-state index contributed by atoms with van der Waals surface area (Å²) in [6.45, 7) is 0. The molecule has 21 heavy (non-hydrogen) atoms. The average Bonchev–Trinajstić information content (AvgIpc) is 3.01. The highest BCUT2D eigenvalue weighted by Crippen LogP contribution is 2.36. The molecule has 0 bridgehead atoms. The van der Waals surface area contributed by atoms with Gasteiger partial charge in [-0.05, 0) is 25.2 Å². The molecule has 1 unspecified atom stereocenters. The first-order chi connectivity index (χ1) is 10.0. The van der Waals surface area contributed by atoms with Gasteiger partial charge in [-0.15, -0.1) is 0 Å². The third-order valence-electron chi connectivity index (χ3n) is 3.33. The van der Waals surface area contributed by atoms with E-state index in [2.05, 4.69) is 15.7 Å². The molecule has 0 spiro atoms. The van der Waals surface area contributed by atoms with Crippen LogP contribution in [0.15, 0.2) is 24.4 Å². The third kappa shape index (κ3) is 2.16. The van der Waals surface area contributed by atoms with Crippen molar-refractivity contribution in [3.05, 3.63) is 40.7 Å². The van der Waals surface area contributed by atoms with Crippen LogP contribution >= 0.6 is 11.6 Å². The molecule has 0 saturated carbocycles. The first kappa shape index (κ1) is 13.6. The fourth-order valence-corrected chi connectivity index (χ4v) is 2.58. The Balaban J connectivity index is 2.07. The number of halogens is 1. The Hall–Kier alpha value is -2.38. The number of carbonyl (C=O) groups excluding carboxylic acids is 2. The molecule has 2 amide bonds. The molecule has 1 atom stereocenters. The standard InChI is InChI=1S/C13H12ClN5O2/c1-16-11-6-4-7(14)10(5-9(6)17-13(11)21)19-3-2-8(18-19)12(15)20/h2-5,11,16H,1H3,(H2,15,20)(H,17,21). The maximum absolute atomic E-state index is 11.8. The van der Waals surface area contributed by atoms with Gasteiger partial charge in [-0.2, -0.15) is 5.10 Å². The van der Waals surface area contributed by atoms with Crippen LogP contribution in [0.4, 0.5) is 5.69 Å². The van der Waals surface area contributed by atoms with Gasteiger partial charge in [0.1, 0.15) is 11.7 Å². The fourth-order valence-electron chi connectivity index (χ4n) is 2.32. The van der Waals surface area contributed by atoms with Gasteiger partial charge in [0.2, 0.25) is 5.91 Å². The van der Waals surface area contributed by atoms with Gasteiger partial charge in [0.05, 0.1) is 10.7 Å². The number of carbonyl (C=O) groups is 2. The van der Waals surface area contributed by atoms with E-state index >= 15 is 0 Å². The Morgan fingerprint density at radius 3 is 2.90 bits per heavy atom. The average molecular weight is 306 g/mol. The highest BCUT2D eigenvalue weighted by Gasteiger charge is 2.30. The second-order valence-corrected chi connectivity index (χ2v) is 5.02. The van der Waals surface area contributed by atoms with E-state index in [0.717, 1.165) is 5.56 Å². The van der Waals surface area contributed by atoms with E-state index in [0.29, 0.717) is 16.4 Å². The molecule has 0 fully saturated rings. The maximum Gasteiger partial charge on any atom is 0.269 e. The lowest BCUT2D eigenvalue weighted by molar-refractivity contribution is -0.117. The van der Waals surface area contributed by atoms with E-state index in [-0.39, 0.29) is 11.6 Å². The number of nitrogens with two attached hydrogens (primary N) is 1. The number of benzene rings is 1. The molecule has 7 nitrogen and oxygen atoms in total. The normalized spacial score (nSPS) is 16.7. The van der Waals surface area contributed by atoms with E-state index in [1.807, 2.05) is 0 Å². The summed E-state index contributed by atoms with van der Waals surface area (Å²) in [6.07, 6.45) is 1.58. The van der Waals surface area contributed by atoms with Gasteiger partial charge in [0.25, 0.3) is 5.91 Å². The molecule has 0 aliphatic carbocycles. The second kappa shape index (κ2) is 4.87. The minimum Gasteiger partial charge on any atom is -0.364 e. The van der Waals surface area contributed by atoms with Crippen molar-refractivity contribution in [2.45, 2.75) is 6.04 Å². The number of aromatic nitrogens is 2. The Morgan fingerprint density at radius 2 is 2.29 bits per heavy atom. The number of hydrogen-bond acceptors (Lipinski definition) is 4. The van der Waals surface area contributed by atoms with Crippen LogP contribution in [0.25, 0.3) is 5.69 Å². The minimum atomic E-state index is -0.616. The van der Waals surface area contributed by atoms with E-state index in [4.69, 9.17) is 17.3 Å². The van der Waals surface area contributed by atoms with E-state index in [9.17, 15) is 9.59 Å². The molecule has 1 aromatic carbocycles. The summed E-state index contributed by atoms with van der Waals surface area (Å²) in [5.41, 5.74) is 7.31. The van der Waals surface area contributed by atoms with Gasteiger partial charge >= 0.3 is 0 Å². The summed E-state index contributed by atoms with van der Waals surface area (Å²) in [6, 6.07) is 4.49. The number of nitrogens with zero attached hydrogens (tertiary/aromatic N) is 2. The van der Waals surface area contributed by atoms with Crippen LogP contribution in [-0.4, -0.2) is 28.6 Å². The molecule has 1 aliphatic heterocycles. The number of rotatable bonds is 3. The lowest BCUT2D eigenvalue weighted by atomic mass is 10.1. The number of fused-ring (bicyclic) bond motifs is 1.